The Morgan fingerprint density at radius 1 is 0.695 bits per heavy atom. The molecule has 12 rings (SSSR count). The molecule has 10 heterocycles. The zero-order valence-corrected chi connectivity index (χ0v) is 75.4. The number of amides is 3. The molecular formula is C95H132N14O19. The monoisotopic (exact) mass is 1770 g/mol. The third kappa shape index (κ3) is 27.5. The molecule has 1 saturated carbocycles. The van der Waals surface area contributed by atoms with Gasteiger partial charge in [-0.25, -0.2) is 34.5 Å². The van der Waals surface area contributed by atoms with Gasteiger partial charge in [-0.3, -0.25) is 34.3 Å². The molecule has 33 nitrogen and oxygen atoms in total. The zero-order valence-electron chi connectivity index (χ0n) is 75.4. The number of H-pyrrole nitrogens is 1. The fourth-order valence-electron chi connectivity index (χ4n) is 18.0. The number of aliphatic hydroxyl groups is 2. The fourth-order valence-corrected chi connectivity index (χ4v) is 18.0. The number of nitrogen functional groups attached to an aromatic ring is 1. The maximum absolute atomic E-state index is 14.6. The molecule has 3 saturated heterocycles. The van der Waals surface area contributed by atoms with Crippen molar-refractivity contribution in [3.63, 3.8) is 0 Å². The summed E-state index contributed by atoms with van der Waals surface area (Å²) < 4.78 is 59.6. The third-order valence-corrected chi connectivity index (χ3v) is 25.7. The molecule has 696 valence electrons. The van der Waals surface area contributed by atoms with Crippen LogP contribution in [0.2, 0.25) is 0 Å². The first-order chi connectivity index (χ1) is 62.0. The van der Waals surface area contributed by atoms with Crippen LogP contribution in [0.5, 0.6) is 0 Å². The molecular weight excluding hydrogens is 1640 g/mol. The number of benzene rings is 1. The molecule has 2 bridgehead atoms. The molecule has 6 aliphatic heterocycles. The van der Waals surface area contributed by atoms with Crippen molar-refractivity contribution in [2.45, 2.75) is 218 Å². The molecule has 33 heteroatoms. The Hall–Kier alpha value is -9.65. The highest BCUT2D eigenvalue weighted by molar-refractivity contribution is 6.38. The number of esters is 1. The van der Waals surface area contributed by atoms with Gasteiger partial charge in [0.25, 0.3) is 5.91 Å². The maximum Gasteiger partial charge on any atom is 0.410 e. The summed E-state index contributed by atoms with van der Waals surface area (Å²) in [7, 11) is 3.21. The second kappa shape index (κ2) is 48.8. The number of aromatic nitrogens is 6. The lowest BCUT2D eigenvalue weighted by atomic mass is 9.81. The summed E-state index contributed by atoms with van der Waals surface area (Å²) in [6.07, 6.45) is 18.1. The number of carbonyl (C=O) groups excluding carboxylic acids is 7. The lowest BCUT2D eigenvalue weighted by molar-refractivity contribution is -0.167. The maximum atomic E-state index is 14.6. The molecule has 13 atom stereocenters. The molecule has 4 fully saturated rings. The molecule has 3 amide bonds. The number of pyridine rings is 1. The summed E-state index contributed by atoms with van der Waals surface area (Å²) in [6, 6.07) is 8.97. The number of aromatic amines is 1. The van der Waals surface area contributed by atoms with Crippen LogP contribution in [0.4, 0.5) is 22.4 Å². The number of nitrogens with two attached hydrogens (primary N) is 1. The number of ketones is 3. The second-order valence-electron chi connectivity index (χ2n) is 35.0. The minimum atomic E-state index is -1.73. The number of fused-ring (bicyclic) bond motifs is 6. The van der Waals surface area contributed by atoms with Crippen LogP contribution < -0.4 is 16.0 Å². The molecule has 2 unspecified atom stereocenters. The van der Waals surface area contributed by atoms with E-state index in [1.165, 1.54) is 22.9 Å². The van der Waals surface area contributed by atoms with E-state index in [1.54, 1.807) is 52.3 Å². The molecule has 7 aliphatic rings. The topological polar surface area (TPSA) is 411 Å². The number of hydrogen-bond donors (Lipinski definition) is 6. The summed E-state index contributed by atoms with van der Waals surface area (Å²) in [5, 5.41) is 35.8. The van der Waals surface area contributed by atoms with E-state index in [0.29, 0.717) is 199 Å². The Labute approximate surface area is 750 Å². The number of carbonyl (C=O) groups is 7. The largest absolute Gasteiger partial charge is 0.460 e. The molecule has 4 aromatic heterocycles. The van der Waals surface area contributed by atoms with E-state index in [1.807, 2.05) is 73.5 Å². The highest BCUT2D eigenvalue weighted by atomic mass is 16.6. The molecule has 0 radical (unpaired) electrons. The summed E-state index contributed by atoms with van der Waals surface area (Å²) >= 11 is 0. The first-order valence-electron chi connectivity index (χ1n) is 45.8. The summed E-state index contributed by atoms with van der Waals surface area (Å²) in [5.74, 6) is -3.13. The normalized spacial score (nSPS) is 26.8. The number of hydrogen-bond acceptors (Lipinski definition) is 29. The zero-order chi connectivity index (χ0) is 90.6. The van der Waals surface area contributed by atoms with Crippen LogP contribution in [0, 0.1) is 29.1 Å². The van der Waals surface area contributed by atoms with Crippen molar-refractivity contribution in [2.24, 2.45) is 23.7 Å². The minimum Gasteiger partial charge on any atom is -0.460 e. The van der Waals surface area contributed by atoms with Gasteiger partial charge in [-0.15, -0.1) is 0 Å². The quantitative estimate of drug-likeness (QED) is 0.00819. The van der Waals surface area contributed by atoms with Crippen LogP contribution in [0.25, 0.3) is 11.0 Å². The van der Waals surface area contributed by atoms with E-state index in [0.717, 1.165) is 78.1 Å². The molecule has 7 N–H and O–H groups in total. The van der Waals surface area contributed by atoms with Gasteiger partial charge in [0, 0.05) is 146 Å². The van der Waals surface area contributed by atoms with Crippen molar-refractivity contribution in [2.75, 3.05) is 149 Å². The number of aliphatic hydroxyl groups excluding tert-OH is 2. The summed E-state index contributed by atoms with van der Waals surface area (Å²) in [5.41, 5.74) is 14.5. The number of piperazine rings is 1. The van der Waals surface area contributed by atoms with Gasteiger partial charge in [0.05, 0.1) is 114 Å². The summed E-state index contributed by atoms with van der Waals surface area (Å²) in [4.78, 5) is 133. The van der Waals surface area contributed by atoms with Crippen molar-refractivity contribution in [1.82, 2.24) is 49.5 Å². The van der Waals surface area contributed by atoms with Gasteiger partial charge in [-0.05, 0) is 149 Å². The number of cyclic esters (lactones) is 1. The SMILES string of the molecule is CO[C@H]1CC2CCCC(O2)C(=O)C(=O)N2CCCC[C@H]2C(=O)O[C@H](CC[C@@H]2CC[C@@H](OC(=O)N3CCc4nc(N5CCN(CCOCCOCCOCCOCCOCCC(=O)N6CCc7cc(CNc8ncnc(N)c8C(=N)c8cnc9[nH]ccc9c8)ccc7C6)CC5)ncc4C3)[C@H](OC)C2)CC(=O)[C@H](C)/C=C(\C)[C@@H](O)[C@@H](O)C(=O)[C@H](C)C[C@H](C)/C=C/C=C/C=C/1C. The van der Waals surface area contributed by atoms with Crippen LogP contribution >= 0.6 is 0 Å². The van der Waals surface area contributed by atoms with E-state index in [2.05, 4.69) is 47.2 Å². The van der Waals surface area contributed by atoms with Gasteiger partial charge in [0.2, 0.25) is 17.6 Å². The van der Waals surface area contributed by atoms with Crippen LogP contribution in [0.3, 0.4) is 0 Å². The Bertz CT molecular complexity index is 4690. The van der Waals surface area contributed by atoms with Crippen molar-refractivity contribution in [1.29, 1.82) is 5.41 Å². The summed E-state index contributed by atoms with van der Waals surface area (Å²) in [6.45, 7) is 19.6. The predicted molar refractivity (Wildman–Crippen MR) is 479 cm³/mol. The van der Waals surface area contributed by atoms with Crippen LogP contribution in [-0.4, -0.2) is 294 Å². The van der Waals surface area contributed by atoms with Gasteiger partial charge in [-0.2, -0.15) is 0 Å². The lowest BCUT2D eigenvalue weighted by Gasteiger charge is -2.37. The average Bonchev–Trinajstić information content (AvgIpc) is 1.31. The van der Waals surface area contributed by atoms with E-state index in [4.69, 9.17) is 68.5 Å². The Morgan fingerprint density at radius 2 is 1.44 bits per heavy atom. The number of Topliss-reactive ketones (excluding diaryl/α,β-unsaturated/α-hetero) is 3. The molecule has 1 aromatic carbocycles. The van der Waals surface area contributed by atoms with Gasteiger partial charge >= 0.3 is 12.1 Å². The van der Waals surface area contributed by atoms with Crippen LogP contribution in [0.15, 0.2) is 103 Å². The Morgan fingerprint density at radius 3 is 2.20 bits per heavy atom. The molecule has 0 spiro atoms. The van der Waals surface area contributed by atoms with Gasteiger partial charge in [-0.1, -0.05) is 75.4 Å². The Balaban J connectivity index is 0.509. The molecule has 128 heavy (non-hydrogen) atoms. The van der Waals surface area contributed by atoms with Gasteiger partial charge in [0.1, 0.15) is 66.0 Å². The smallest absolute Gasteiger partial charge is 0.410 e. The van der Waals surface area contributed by atoms with Gasteiger partial charge in [0.15, 0.2) is 5.78 Å². The second-order valence-corrected chi connectivity index (χ2v) is 35.0. The number of methoxy groups -OCH3 is 2. The highest BCUT2D eigenvalue weighted by Gasteiger charge is 2.43. The molecule has 1 aliphatic carbocycles. The number of anilines is 3. The number of rotatable bonds is 30. The predicted octanol–water partition coefficient (Wildman–Crippen LogP) is 9.16. The minimum absolute atomic E-state index is 0.0206. The van der Waals surface area contributed by atoms with E-state index in [9.17, 15) is 43.8 Å². The highest BCUT2D eigenvalue weighted by Crippen LogP contribution is 2.36. The van der Waals surface area contributed by atoms with Crippen molar-refractivity contribution in [3.05, 3.63) is 142 Å². The average molecular weight is 1770 g/mol. The standard InChI is InChI=1S/C95H132N14O19/c1-61-14-9-8-10-15-62(2)80(119-6)54-73-16-13-18-79(126-73)87(114)92(116)109-30-12-11-17-76(109)93(117)127-74(53-77(110)63(3)49-65(5)86(113)88(115)85(112)64(4)48-61)23-20-66-21-24-78(81(51-66)120-7)128-95(118)108-32-27-75-72(59-108)57-101-94(104-75)106-35-33-105(34-36-106)37-39-122-41-43-124-45-47-125-46-44-123-42-40-121-38-28-82(111)107-31-26-68-50-67(19-22-70(68)58-107)55-99-91-83(89(97)102-60-103-91)84(96)71-52-69-25-29-98-90(69)100-56-71/h8-10,14-15,19,22,25,29,49-50,52,56-57,60-61,63-64,66,73-74,76,78-81,86,88,96,113,115H,11-13,16-18,20-21,23-24,26-28,30-48,51,53-55,58-59H2,1-7H3,(H,98,100)(H3,97,99,102,103)/b10-8+,14-9+,62-15+,65-49+,96-84?/t61-,63-,64-,66-,73?,74-,76+,78-,79?,80+,81-,86-,88+/m1/s1. The fraction of sp³-hybridized carbons (Fsp3) is 0.611. The first kappa shape index (κ1) is 97.4. The van der Waals surface area contributed by atoms with Crippen molar-refractivity contribution in [3.8, 4) is 0 Å². The molecule has 5 aromatic rings. The van der Waals surface area contributed by atoms with E-state index < -0.39 is 84.0 Å². The third-order valence-electron chi connectivity index (χ3n) is 25.7. The van der Waals surface area contributed by atoms with Crippen molar-refractivity contribution >= 4 is 75.6 Å². The van der Waals surface area contributed by atoms with Crippen LogP contribution in [0.1, 0.15) is 170 Å². The number of ether oxygens (including phenoxy) is 10. The number of allylic oxidation sites excluding steroid dienone is 6. The van der Waals surface area contributed by atoms with E-state index >= 15 is 0 Å². The van der Waals surface area contributed by atoms with Gasteiger partial charge < -0.3 is 93.2 Å². The first-order valence-corrected chi connectivity index (χ1v) is 45.8. The number of nitrogens with one attached hydrogen (secondary N) is 3. The number of piperidine rings is 1. The Kier molecular flexibility index (Phi) is 37.2. The number of nitrogens with zero attached hydrogens (tertiary/aromatic N) is 10. The lowest BCUT2D eigenvalue weighted by Crippen LogP contribution is -2.54. The van der Waals surface area contributed by atoms with Crippen LogP contribution in [-0.2, 0) is 109 Å². The van der Waals surface area contributed by atoms with E-state index in [-0.39, 0.29) is 85.1 Å². The van der Waals surface area contributed by atoms with Crippen molar-refractivity contribution < 1.29 is 91.1 Å².